The van der Waals surface area contributed by atoms with Crippen LogP contribution in [0.1, 0.15) is 38.7 Å². The molecule has 1 fully saturated rings. The molecule has 1 amide bonds. The number of primary amides is 1. The predicted molar refractivity (Wildman–Crippen MR) is 80.8 cm³/mol. The number of aliphatic hydroxyl groups excluding tert-OH is 1. The molecule has 5 heteroatoms. The number of amides is 1. The summed E-state index contributed by atoms with van der Waals surface area (Å²) in [6.45, 7) is 3.66. The zero-order valence-corrected chi connectivity index (χ0v) is 12.6. The van der Waals surface area contributed by atoms with Crippen LogP contribution >= 0.6 is 0 Å². The lowest BCUT2D eigenvalue weighted by Crippen LogP contribution is -2.55. The van der Waals surface area contributed by atoms with Gasteiger partial charge >= 0.3 is 0 Å². The Morgan fingerprint density at radius 2 is 2.19 bits per heavy atom. The van der Waals surface area contributed by atoms with Gasteiger partial charge in [0.25, 0.3) is 0 Å². The Kier molecular flexibility index (Phi) is 4.85. The summed E-state index contributed by atoms with van der Waals surface area (Å²) in [6, 6.07) is 7.73. The highest BCUT2D eigenvalue weighted by Gasteiger charge is 2.38. The molecule has 116 valence electrons. The summed E-state index contributed by atoms with van der Waals surface area (Å²) in [5.74, 6) is 0.283. The van der Waals surface area contributed by atoms with Crippen LogP contribution in [0, 0.1) is 0 Å². The molecular weight excluding hydrogens is 268 g/mol. The molecule has 0 bridgehead atoms. The van der Waals surface area contributed by atoms with Crippen LogP contribution in [-0.4, -0.2) is 28.7 Å². The lowest BCUT2D eigenvalue weighted by Gasteiger charge is -2.31. The zero-order chi connectivity index (χ0) is 15.5. The van der Waals surface area contributed by atoms with E-state index in [-0.39, 0.29) is 18.6 Å². The fraction of sp³-hybridized carbons (Fsp3) is 0.562. The SMILES string of the molecule is CC(CC(C)(NC1CC1)C(N)=O)Oc1ccccc1CO. The first-order valence-electron chi connectivity index (χ1n) is 7.37. The van der Waals surface area contributed by atoms with Crippen molar-refractivity contribution in [1.82, 2.24) is 5.32 Å². The molecule has 1 aliphatic rings. The molecule has 0 heterocycles. The van der Waals surface area contributed by atoms with E-state index in [1.54, 1.807) is 0 Å². The summed E-state index contributed by atoms with van der Waals surface area (Å²) in [5.41, 5.74) is 5.52. The summed E-state index contributed by atoms with van der Waals surface area (Å²) in [6.07, 6.45) is 2.47. The van der Waals surface area contributed by atoms with Gasteiger partial charge in [-0.15, -0.1) is 0 Å². The lowest BCUT2D eigenvalue weighted by molar-refractivity contribution is -0.124. The highest BCUT2D eigenvalue weighted by Crippen LogP contribution is 2.26. The van der Waals surface area contributed by atoms with Gasteiger partial charge in [0, 0.05) is 18.0 Å². The molecule has 0 saturated heterocycles. The molecule has 0 radical (unpaired) electrons. The Morgan fingerprint density at radius 3 is 2.76 bits per heavy atom. The van der Waals surface area contributed by atoms with Gasteiger partial charge in [0.05, 0.1) is 18.2 Å². The minimum absolute atomic E-state index is 0.0731. The highest BCUT2D eigenvalue weighted by atomic mass is 16.5. The Balaban J connectivity index is 2.01. The molecule has 1 aromatic rings. The van der Waals surface area contributed by atoms with E-state index >= 15 is 0 Å². The zero-order valence-electron chi connectivity index (χ0n) is 12.6. The second kappa shape index (κ2) is 6.45. The van der Waals surface area contributed by atoms with E-state index in [0.29, 0.717) is 18.2 Å². The molecule has 1 aliphatic carbocycles. The number of rotatable bonds is 8. The number of carbonyl (C=O) groups is 1. The maximum Gasteiger partial charge on any atom is 0.237 e. The van der Waals surface area contributed by atoms with Gasteiger partial charge in [0.1, 0.15) is 5.75 Å². The van der Waals surface area contributed by atoms with Crippen molar-refractivity contribution < 1.29 is 14.6 Å². The number of hydrogen-bond acceptors (Lipinski definition) is 4. The first-order valence-corrected chi connectivity index (χ1v) is 7.37. The maximum absolute atomic E-state index is 11.8. The molecule has 2 unspecified atom stereocenters. The molecule has 2 atom stereocenters. The summed E-state index contributed by atoms with van der Waals surface area (Å²) in [5, 5.41) is 12.6. The molecule has 5 nitrogen and oxygen atoms in total. The monoisotopic (exact) mass is 292 g/mol. The number of hydrogen-bond donors (Lipinski definition) is 3. The summed E-state index contributed by atoms with van der Waals surface area (Å²) < 4.78 is 5.88. The van der Waals surface area contributed by atoms with Gasteiger partial charge in [0.2, 0.25) is 5.91 Å². The number of nitrogens with one attached hydrogen (secondary N) is 1. The average molecular weight is 292 g/mol. The number of aliphatic hydroxyl groups is 1. The number of nitrogens with two attached hydrogens (primary N) is 1. The first-order chi connectivity index (χ1) is 9.94. The smallest absolute Gasteiger partial charge is 0.237 e. The van der Waals surface area contributed by atoms with Crippen LogP contribution in [0.2, 0.25) is 0 Å². The first kappa shape index (κ1) is 15.8. The normalized spacial score (nSPS) is 18.8. The third-order valence-corrected chi connectivity index (χ3v) is 3.81. The number of ether oxygens (including phenoxy) is 1. The molecule has 1 aromatic carbocycles. The van der Waals surface area contributed by atoms with Crippen LogP contribution < -0.4 is 15.8 Å². The molecule has 1 saturated carbocycles. The molecule has 2 rings (SSSR count). The minimum Gasteiger partial charge on any atom is -0.490 e. The van der Waals surface area contributed by atoms with Gasteiger partial charge in [-0.25, -0.2) is 0 Å². The van der Waals surface area contributed by atoms with Crippen molar-refractivity contribution in [1.29, 1.82) is 0 Å². The topological polar surface area (TPSA) is 84.6 Å². The second-order valence-corrected chi connectivity index (χ2v) is 6.01. The molecule has 21 heavy (non-hydrogen) atoms. The Hall–Kier alpha value is -1.59. The van der Waals surface area contributed by atoms with E-state index in [9.17, 15) is 9.90 Å². The van der Waals surface area contributed by atoms with Crippen molar-refractivity contribution in [2.75, 3.05) is 0 Å². The van der Waals surface area contributed by atoms with Crippen molar-refractivity contribution >= 4 is 5.91 Å². The van der Waals surface area contributed by atoms with E-state index in [1.807, 2.05) is 38.1 Å². The molecule has 0 aliphatic heterocycles. The fourth-order valence-corrected chi connectivity index (χ4v) is 2.49. The van der Waals surface area contributed by atoms with Crippen LogP contribution in [0.25, 0.3) is 0 Å². The Morgan fingerprint density at radius 1 is 1.52 bits per heavy atom. The fourth-order valence-electron chi connectivity index (χ4n) is 2.49. The van der Waals surface area contributed by atoms with Crippen molar-refractivity contribution in [3.8, 4) is 5.75 Å². The van der Waals surface area contributed by atoms with E-state index in [0.717, 1.165) is 18.4 Å². The van der Waals surface area contributed by atoms with Gasteiger partial charge in [0.15, 0.2) is 0 Å². The Labute approximate surface area is 125 Å². The van der Waals surface area contributed by atoms with Crippen LogP contribution in [0.3, 0.4) is 0 Å². The van der Waals surface area contributed by atoms with Gasteiger partial charge in [-0.2, -0.15) is 0 Å². The van der Waals surface area contributed by atoms with Gasteiger partial charge in [-0.3, -0.25) is 4.79 Å². The van der Waals surface area contributed by atoms with E-state index in [4.69, 9.17) is 10.5 Å². The molecule has 4 N–H and O–H groups in total. The summed E-state index contributed by atoms with van der Waals surface area (Å²) in [7, 11) is 0. The molecule has 0 aromatic heterocycles. The number of para-hydroxylation sites is 1. The largest absolute Gasteiger partial charge is 0.490 e. The van der Waals surface area contributed by atoms with Crippen LogP contribution in [-0.2, 0) is 11.4 Å². The minimum atomic E-state index is -0.769. The van der Waals surface area contributed by atoms with E-state index < -0.39 is 5.54 Å². The number of benzene rings is 1. The third-order valence-electron chi connectivity index (χ3n) is 3.81. The number of carbonyl (C=O) groups excluding carboxylic acids is 1. The van der Waals surface area contributed by atoms with Gasteiger partial charge < -0.3 is 20.9 Å². The Bertz CT molecular complexity index is 502. The van der Waals surface area contributed by atoms with Crippen LogP contribution in [0.4, 0.5) is 0 Å². The van der Waals surface area contributed by atoms with E-state index in [1.165, 1.54) is 0 Å². The van der Waals surface area contributed by atoms with Gasteiger partial charge in [-0.1, -0.05) is 18.2 Å². The summed E-state index contributed by atoms with van der Waals surface area (Å²) >= 11 is 0. The quantitative estimate of drug-likeness (QED) is 0.675. The maximum atomic E-state index is 11.8. The van der Waals surface area contributed by atoms with E-state index in [2.05, 4.69) is 5.32 Å². The molecular formula is C16H24N2O3. The van der Waals surface area contributed by atoms with Crippen molar-refractivity contribution in [3.05, 3.63) is 29.8 Å². The van der Waals surface area contributed by atoms with Crippen molar-refractivity contribution in [2.24, 2.45) is 5.73 Å². The van der Waals surface area contributed by atoms with Gasteiger partial charge in [-0.05, 0) is 32.8 Å². The molecule has 0 spiro atoms. The van der Waals surface area contributed by atoms with Crippen LogP contribution in [0.5, 0.6) is 5.75 Å². The summed E-state index contributed by atoms with van der Waals surface area (Å²) in [4.78, 5) is 11.8. The van der Waals surface area contributed by atoms with Crippen LogP contribution in [0.15, 0.2) is 24.3 Å². The predicted octanol–water partition coefficient (Wildman–Crippen LogP) is 1.33. The lowest BCUT2D eigenvalue weighted by atomic mass is 9.93. The average Bonchev–Trinajstić information content (AvgIpc) is 3.22. The standard InChI is InChI=1S/C16H24N2O3/c1-11(21-14-6-4-3-5-12(14)10-19)9-16(2,15(17)20)18-13-7-8-13/h3-6,11,13,18-19H,7-10H2,1-2H3,(H2,17,20). The third kappa shape index (κ3) is 4.19. The van der Waals surface area contributed by atoms with Crippen molar-refractivity contribution in [3.63, 3.8) is 0 Å². The second-order valence-electron chi connectivity index (χ2n) is 6.01. The highest BCUT2D eigenvalue weighted by molar-refractivity contribution is 5.84. The van der Waals surface area contributed by atoms with Crippen molar-refractivity contribution in [2.45, 2.75) is 57.4 Å².